The number of hydrogen-bond donors (Lipinski definition) is 1. The number of para-hydroxylation sites is 1. The first-order valence-corrected chi connectivity index (χ1v) is 9.26. The molecule has 1 N–H and O–H groups in total. The molecule has 1 aromatic heterocycles. The average Bonchev–Trinajstić information content (AvgIpc) is 2.97. The van der Waals surface area contributed by atoms with E-state index < -0.39 is 0 Å². The lowest BCUT2D eigenvalue weighted by Crippen LogP contribution is -1.95. The minimum atomic E-state index is 0.581. The lowest BCUT2D eigenvalue weighted by atomic mass is 9.96. The topological polar surface area (TPSA) is 28.7 Å². The van der Waals surface area contributed by atoms with Crippen molar-refractivity contribution in [1.29, 1.82) is 0 Å². The smallest absolute Gasteiger partial charge is 0.0923 e. The van der Waals surface area contributed by atoms with Gasteiger partial charge in [0, 0.05) is 11.1 Å². The highest BCUT2D eigenvalue weighted by atomic mass is 15.1. The molecule has 122 valence electrons. The zero-order chi connectivity index (χ0) is 15.6. The number of benzene rings is 1. The Labute approximate surface area is 135 Å². The molecule has 0 saturated heterocycles. The van der Waals surface area contributed by atoms with Crippen LogP contribution in [-0.4, -0.2) is 10.2 Å². The third-order valence-electron chi connectivity index (χ3n) is 4.72. The summed E-state index contributed by atoms with van der Waals surface area (Å²) in [5.41, 5.74) is 2.41. The second kappa shape index (κ2) is 9.66. The predicted molar refractivity (Wildman–Crippen MR) is 96.4 cm³/mol. The van der Waals surface area contributed by atoms with Crippen molar-refractivity contribution < 1.29 is 0 Å². The number of aromatic nitrogens is 2. The summed E-state index contributed by atoms with van der Waals surface area (Å²) < 4.78 is 0. The van der Waals surface area contributed by atoms with Crippen LogP contribution in [0.2, 0.25) is 0 Å². The minimum Gasteiger partial charge on any atom is -0.281 e. The number of aromatic amines is 1. The van der Waals surface area contributed by atoms with Gasteiger partial charge in [-0.2, -0.15) is 5.10 Å². The van der Waals surface area contributed by atoms with Crippen molar-refractivity contribution in [3.05, 3.63) is 30.0 Å². The van der Waals surface area contributed by atoms with Crippen LogP contribution in [0, 0.1) is 0 Å². The van der Waals surface area contributed by atoms with E-state index in [2.05, 4.69) is 48.3 Å². The minimum absolute atomic E-state index is 0.581. The van der Waals surface area contributed by atoms with Gasteiger partial charge in [0.25, 0.3) is 0 Å². The Morgan fingerprint density at radius 2 is 1.55 bits per heavy atom. The Balaban J connectivity index is 1.61. The number of unbranched alkanes of at least 4 members (excludes halogenated alkanes) is 8. The van der Waals surface area contributed by atoms with Gasteiger partial charge >= 0.3 is 0 Å². The van der Waals surface area contributed by atoms with Crippen molar-refractivity contribution in [2.24, 2.45) is 0 Å². The molecule has 1 heterocycles. The molecule has 2 heteroatoms. The molecule has 1 atom stereocenters. The monoisotopic (exact) mass is 300 g/mol. The molecule has 2 nitrogen and oxygen atoms in total. The Hall–Kier alpha value is -1.31. The number of H-pyrrole nitrogens is 1. The van der Waals surface area contributed by atoms with Crippen LogP contribution in [-0.2, 0) is 0 Å². The number of hydrogen-bond acceptors (Lipinski definition) is 1. The molecule has 2 rings (SSSR count). The highest BCUT2D eigenvalue weighted by Gasteiger charge is 2.11. The molecule has 0 aliphatic rings. The maximum atomic E-state index is 4.41. The van der Waals surface area contributed by atoms with E-state index in [1.165, 1.54) is 75.3 Å². The molecule has 0 saturated carbocycles. The molecule has 1 unspecified atom stereocenters. The van der Waals surface area contributed by atoms with Gasteiger partial charge in [-0.1, -0.05) is 89.8 Å². The molecule has 0 spiro atoms. The molecule has 0 radical (unpaired) electrons. The Kier molecular flexibility index (Phi) is 7.48. The molecule has 2 aromatic rings. The fraction of sp³-hybridized carbons (Fsp3) is 0.650. The van der Waals surface area contributed by atoms with E-state index >= 15 is 0 Å². The van der Waals surface area contributed by atoms with Crippen LogP contribution in [0.5, 0.6) is 0 Å². The van der Waals surface area contributed by atoms with Gasteiger partial charge in [-0.3, -0.25) is 5.10 Å². The average molecular weight is 300 g/mol. The van der Waals surface area contributed by atoms with E-state index in [4.69, 9.17) is 0 Å². The van der Waals surface area contributed by atoms with Crippen LogP contribution in [0.4, 0.5) is 0 Å². The number of rotatable bonds is 11. The summed E-state index contributed by atoms with van der Waals surface area (Å²) in [5.74, 6) is 0.581. The molecule has 0 fully saturated rings. The SMILES string of the molecule is CCCCCCCCCCCC(C)c1[nH]nc2ccccc12. The molecule has 0 aliphatic carbocycles. The van der Waals surface area contributed by atoms with E-state index in [1.807, 2.05) is 0 Å². The van der Waals surface area contributed by atoms with Crippen molar-refractivity contribution in [3.63, 3.8) is 0 Å². The first kappa shape index (κ1) is 17.1. The lowest BCUT2D eigenvalue weighted by molar-refractivity contribution is 0.536. The number of nitrogens with one attached hydrogen (secondary N) is 1. The molecule has 22 heavy (non-hydrogen) atoms. The van der Waals surface area contributed by atoms with Gasteiger partial charge in [-0.05, 0) is 18.4 Å². The van der Waals surface area contributed by atoms with E-state index in [9.17, 15) is 0 Å². The number of nitrogens with zero attached hydrogens (tertiary/aromatic N) is 1. The van der Waals surface area contributed by atoms with E-state index in [-0.39, 0.29) is 0 Å². The van der Waals surface area contributed by atoms with Crippen LogP contribution < -0.4 is 0 Å². The molecule has 0 amide bonds. The molecule has 1 aromatic carbocycles. The van der Waals surface area contributed by atoms with Crippen molar-refractivity contribution in [2.45, 2.75) is 84.0 Å². The third-order valence-corrected chi connectivity index (χ3v) is 4.72. The summed E-state index contributed by atoms with van der Waals surface area (Å²) in [4.78, 5) is 0. The maximum Gasteiger partial charge on any atom is 0.0923 e. The standard InChI is InChI=1S/C20H32N2/c1-3-4-5-6-7-8-9-10-11-14-17(2)20-18-15-12-13-16-19(18)21-22-20/h12-13,15-17H,3-11,14H2,1-2H3,(H,21,22). The quantitative estimate of drug-likeness (QED) is 0.466. The van der Waals surface area contributed by atoms with E-state index in [1.54, 1.807) is 0 Å². The van der Waals surface area contributed by atoms with Gasteiger partial charge in [0.15, 0.2) is 0 Å². The van der Waals surface area contributed by atoms with Gasteiger partial charge in [-0.15, -0.1) is 0 Å². The van der Waals surface area contributed by atoms with Crippen LogP contribution in [0.3, 0.4) is 0 Å². The van der Waals surface area contributed by atoms with Gasteiger partial charge in [0.05, 0.1) is 5.52 Å². The third kappa shape index (κ3) is 5.15. The van der Waals surface area contributed by atoms with Crippen LogP contribution in [0.1, 0.15) is 89.7 Å². The Morgan fingerprint density at radius 3 is 2.27 bits per heavy atom. The normalized spacial score (nSPS) is 12.8. The summed E-state index contributed by atoms with van der Waals surface area (Å²) in [6.45, 7) is 4.61. The highest BCUT2D eigenvalue weighted by Crippen LogP contribution is 2.27. The van der Waals surface area contributed by atoms with Crippen molar-refractivity contribution in [1.82, 2.24) is 10.2 Å². The maximum absolute atomic E-state index is 4.41. The lowest BCUT2D eigenvalue weighted by Gasteiger charge is -2.10. The summed E-state index contributed by atoms with van der Waals surface area (Å²) in [7, 11) is 0. The van der Waals surface area contributed by atoms with Gasteiger partial charge in [0.1, 0.15) is 0 Å². The van der Waals surface area contributed by atoms with Crippen molar-refractivity contribution >= 4 is 10.9 Å². The molecular weight excluding hydrogens is 268 g/mol. The van der Waals surface area contributed by atoms with Crippen molar-refractivity contribution in [2.75, 3.05) is 0 Å². The summed E-state index contributed by atoms with van der Waals surface area (Å²) in [6.07, 6.45) is 13.9. The zero-order valence-electron chi connectivity index (χ0n) is 14.4. The van der Waals surface area contributed by atoms with E-state index in [0.29, 0.717) is 5.92 Å². The van der Waals surface area contributed by atoms with Crippen LogP contribution in [0.25, 0.3) is 10.9 Å². The van der Waals surface area contributed by atoms with Gasteiger partial charge < -0.3 is 0 Å². The predicted octanol–water partition coefficient (Wildman–Crippen LogP) is 6.59. The summed E-state index contributed by atoms with van der Waals surface area (Å²) in [6, 6.07) is 8.42. The summed E-state index contributed by atoms with van der Waals surface area (Å²) >= 11 is 0. The number of fused-ring (bicyclic) bond motifs is 1. The Bertz CT molecular complexity index is 529. The fourth-order valence-electron chi connectivity index (χ4n) is 3.26. The first-order valence-electron chi connectivity index (χ1n) is 9.26. The second-order valence-corrected chi connectivity index (χ2v) is 6.67. The van der Waals surface area contributed by atoms with Crippen LogP contribution >= 0.6 is 0 Å². The van der Waals surface area contributed by atoms with Gasteiger partial charge in [-0.25, -0.2) is 0 Å². The zero-order valence-corrected chi connectivity index (χ0v) is 14.4. The second-order valence-electron chi connectivity index (χ2n) is 6.67. The largest absolute Gasteiger partial charge is 0.281 e. The van der Waals surface area contributed by atoms with Crippen LogP contribution in [0.15, 0.2) is 24.3 Å². The molecular formula is C20H32N2. The summed E-state index contributed by atoms with van der Waals surface area (Å²) in [5, 5.41) is 8.95. The van der Waals surface area contributed by atoms with Crippen molar-refractivity contribution in [3.8, 4) is 0 Å². The Morgan fingerprint density at radius 1 is 0.909 bits per heavy atom. The van der Waals surface area contributed by atoms with E-state index in [0.717, 1.165) is 5.52 Å². The fourth-order valence-corrected chi connectivity index (χ4v) is 3.26. The highest BCUT2D eigenvalue weighted by molar-refractivity contribution is 5.81. The van der Waals surface area contributed by atoms with Gasteiger partial charge in [0.2, 0.25) is 0 Å². The first-order chi connectivity index (χ1) is 10.8. The molecule has 0 aliphatic heterocycles. The molecule has 0 bridgehead atoms.